The normalized spacial score (nSPS) is 18.0. The third kappa shape index (κ3) is 5.96. The van der Waals surface area contributed by atoms with E-state index in [4.69, 9.17) is 4.74 Å². The molecule has 6 nitrogen and oxygen atoms in total. The molecule has 1 aliphatic carbocycles. The molecule has 182 valence electrons. The molecule has 0 unspecified atom stereocenters. The number of rotatable bonds is 8. The number of amides is 2. The highest BCUT2D eigenvalue weighted by atomic mass is 16.5. The van der Waals surface area contributed by atoms with Gasteiger partial charge in [0.2, 0.25) is 5.91 Å². The summed E-state index contributed by atoms with van der Waals surface area (Å²) in [7, 11) is 3.57. The van der Waals surface area contributed by atoms with Crippen LogP contribution in [0.25, 0.3) is 0 Å². The maximum atomic E-state index is 13.3. The Kier molecular flexibility index (Phi) is 8.20. The van der Waals surface area contributed by atoms with E-state index in [2.05, 4.69) is 22.0 Å². The van der Waals surface area contributed by atoms with Gasteiger partial charge in [-0.2, -0.15) is 0 Å². The zero-order valence-corrected chi connectivity index (χ0v) is 20.5. The number of ether oxygens (including phenoxy) is 1. The number of likely N-dealkylation sites (N-methyl/N-ethyl adjacent to an activating group) is 1. The van der Waals surface area contributed by atoms with Crippen molar-refractivity contribution < 1.29 is 14.3 Å². The predicted octanol–water partition coefficient (Wildman–Crippen LogP) is 4.59. The number of nitrogens with zero attached hydrogens (tertiary/aromatic N) is 3. The lowest BCUT2D eigenvalue weighted by Crippen LogP contribution is -2.48. The summed E-state index contributed by atoms with van der Waals surface area (Å²) in [4.78, 5) is 34.2. The zero-order valence-electron chi connectivity index (χ0n) is 20.5. The van der Waals surface area contributed by atoms with Crippen molar-refractivity contribution in [3.63, 3.8) is 0 Å². The van der Waals surface area contributed by atoms with Crippen LogP contribution in [0.4, 0.5) is 0 Å². The lowest BCUT2D eigenvalue weighted by molar-refractivity contribution is -0.133. The molecule has 2 fully saturated rings. The molecule has 0 radical (unpaired) electrons. The molecule has 0 N–H and O–H groups in total. The van der Waals surface area contributed by atoms with Crippen molar-refractivity contribution in [2.24, 2.45) is 11.8 Å². The number of hydrogen-bond acceptors (Lipinski definition) is 4. The second kappa shape index (κ2) is 11.5. The van der Waals surface area contributed by atoms with Crippen LogP contribution in [-0.4, -0.2) is 59.9 Å². The predicted molar refractivity (Wildman–Crippen MR) is 133 cm³/mol. The summed E-state index contributed by atoms with van der Waals surface area (Å²) in [5, 5.41) is 0. The minimum atomic E-state index is -0.0132. The number of methoxy groups -OCH3 is 1. The Morgan fingerprint density at radius 3 is 2.56 bits per heavy atom. The van der Waals surface area contributed by atoms with E-state index < -0.39 is 0 Å². The number of piperidine rings is 1. The quantitative estimate of drug-likeness (QED) is 0.574. The highest BCUT2D eigenvalue weighted by Gasteiger charge is 2.33. The Morgan fingerprint density at radius 1 is 1.12 bits per heavy atom. The number of benzene rings is 1. The average Bonchev–Trinajstić information content (AvgIpc) is 3.40. The molecule has 6 heteroatoms. The minimum absolute atomic E-state index is 0.0132. The van der Waals surface area contributed by atoms with E-state index in [0.717, 1.165) is 43.7 Å². The summed E-state index contributed by atoms with van der Waals surface area (Å²) in [5.74, 6) is 2.03. The zero-order chi connectivity index (χ0) is 23.9. The molecular formula is C28H37N3O3. The lowest BCUT2D eigenvalue weighted by atomic mass is 9.84. The standard InChI is InChI=1S/C28H37N3O3/c1-30(28(33)24-10-6-14-29-20-24)26(18-22-9-5-11-25(17-22)34-2)23-12-15-31(16-13-23)27(32)19-21-7-3-4-8-21/h5-6,9-11,14,17,20-21,23,26H,3-4,7-8,12-13,15-16,18-19H2,1-2H3/t26-/m1/s1. The average molecular weight is 464 g/mol. The molecule has 1 aromatic heterocycles. The van der Waals surface area contributed by atoms with Crippen molar-refractivity contribution in [1.82, 2.24) is 14.8 Å². The number of aromatic nitrogens is 1. The van der Waals surface area contributed by atoms with E-state index in [1.165, 1.54) is 25.7 Å². The Hall–Kier alpha value is -2.89. The molecule has 0 bridgehead atoms. The Bertz CT molecular complexity index is 950. The van der Waals surface area contributed by atoms with E-state index in [0.29, 0.717) is 29.7 Å². The molecule has 1 atom stereocenters. The first-order valence-electron chi connectivity index (χ1n) is 12.6. The Balaban J connectivity index is 1.46. The second-order valence-electron chi connectivity index (χ2n) is 9.85. The lowest BCUT2D eigenvalue weighted by Gasteiger charge is -2.40. The molecule has 1 aromatic carbocycles. The summed E-state index contributed by atoms with van der Waals surface area (Å²) in [6, 6.07) is 11.7. The van der Waals surface area contributed by atoms with Gasteiger partial charge in [0.05, 0.1) is 12.7 Å². The van der Waals surface area contributed by atoms with Crippen LogP contribution in [0.15, 0.2) is 48.8 Å². The molecule has 2 heterocycles. The maximum Gasteiger partial charge on any atom is 0.255 e. The summed E-state index contributed by atoms with van der Waals surface area (Å²) in [5.41, 5.74) is 1.75. The van der Waals surface area contributed by atoms with E-state index in [9.17, 15) is 9.59 Å². The molecule has 34 heavy (non-hydrogen) atoms. The van der Waals surface area contributed by atoms with Crippen molar-refractivity contribution in [1.29, 1.82) is 0 Å². The first-order chi connectivity index (χ1) is 16.5. The third-order valence-electron chi connectivity index (χ3n) is 7.68. The van der Waals surface area contributed by atoms with Crippen molar-refractivity contribution in [3.8, 4) is 5.75 Å². The monoisotopic (exact) mass is 463 g/mol. The molecule has 2 aliphatic rings. The largest absolute Gasteiger partial charge is 0.497 e. The fourth-order valence-electron chi connectivity index (χ4n) is 5.63. The number of pyridine rings is 1. The highest BCUT2D eigenvalue weighted by molar-refractivity contribution is 5.94. The van der Waals surface area contributed by atoms with Crippen LogP contribution in [0.1, 0.15) is 60.9 Å². The van der Waals surface area contributed by atoms with Gasteiger partial charge in [0, 0.05) is 45.0 Å². The van der Waals surface area contributed by atoms with Gasteiger partial charge < -0.3 is 14.5 Å². The van der Waals surface area contributed by atoms with Crippen molar-refractivity contribution >= 4 is 11.8 Å². The number of carbonyl (C=O) groups is 2. The second-order valence-corrected chi connectivity index (χ2v) is 9.85. The number of likely N-dealkylation sites (tertiary alicyclic amines) is 1. The van der Waals surface area contributed by atoms with Crippen LogP contribution < -0.4 is 4.74 Å². The van der Waals surface area contributed by atoms with Crippen molar-refractivity contribution in [3.05, 3.63) is 59.9 Å². The van der Waals surface area contributed by atoms with Gasteiger partial charge in [0.25, 0.3) is 5.91 Å². The van der Waals surface area contributed by atoms with Gasteiger partial charge >= 0.3 is 0 Å². The van der Waals surface area contributed by atoms with E-state index >= 15 is 0 Å². The van der Waals surface area contributed by atoms with Crippen LogP contribution in [0.3, 0.4) is 0 Å². The molecule has 1 saturated carbocycles. The number of hydrogen-bond donors (Lipinski definition) is 0. The smallest absolute Gasteiger partial charge is 0.255 e. The fourth-order valence-corrected chi connectivity index (χ4v) is 5.63. The minimum Gasteiger partial charge on any atom is -0.497 e. The summed E-state index contributed by atoms with van der Waals surface area (Å²) >= 11 is 0. The molecule has 2 aromatic rings. The molecular weight excluding hydrogens is 426 g/mol. The van der Waals surface area contributed by atoms with Crippen LogP contribution in [0.2, 0.25) is 0 Å². The van der Waals surface area contributed by atoms with Crippen LogP contribution in [0, 0.1) is 11.8 Å². The van der Waals surface area contributed by atoms with Crippen LogP contribution in [-0.2, 0) is 11.2 Å². The summed E-state index contributed by atoms with van der Waals surface area (Å²) in [6.45, 7) is 1.56. The number of carbonyl (C=O) groups excluding carboxylic acids is 2. The third-order valence-corrected chi connectivity index (χ3v) is 7.68. The summed E-state index contributed by atoms with van der Waals surface area (Å²) in [6.07, 6.45) is 11.5. The molecule has 2 amide bonds. The van der Waals surface area contributed by atoms with E-state index in [-0.39, 0.29) is 11.9 Å². The van der Waals surface area contributed by atoms with Gasteiger partial charge in [-0.3, -0.25) is 14.6 Å². The van der Waals surface area contributed by atoms with Gasteiger partial charge in [0.15, 0.2) is 0 Å². The highest BCUT2D eigenvalue weighted by Crippen LogP contribution is 2.31. The van der Waals surface area contributed by atoms with Gasteiger partial charge in [-0.05, 0) is 73.8 Å². The van der Waals surface area contributed by atoms with Crippen molar-refractivity contribution in [2.45, 2.75) is 57.4 Å². The SMILES string of the molecule is COc1cccc(C[C@H](C2CCN(C(=O)CC3CCCC3)CC2)N(C)C(=O)c2cccnc2)c1. The molecule has 1 saturated heterocycles. The van der Waals surface area contributed by atoms with Gasteiger partial charge in [-0.25, -0.2) is 0 Å². The topological polar surface area (TPSA) is 62.7 Å². The Morgan fingerprint density at radius 2 is 1.88 bits per heavy atom. The first kappa shape index (κ1) is 24.2. The molecule has 0 spiro atoms. The first-order valence-corrected chi connectivity index (χ1v) is 12.6. The van der Waals surface area contributed by atoms with Gasteiger partial charge in [-0.1, -0.05) is 25.0 Å². The van der Waals surface area contributed by atoms with Crippen LogP contribution in [0.5, 0.6) is 5.75 Å². The fraction of sp³-hybridized carbons (Fsp3) is 0.536. The van der Waals surface area contributed by atoms with E-state index in [1.807, 2.05) is 30.1 Å². The molecule has 4 rings (SSSR count). The van der Waals surface area contributed by atoms with E-state index in [1.54, 1.807) is 25.6 Å². The molecule has 1 aliphatic heterocycles. The summed E-state index contributed by atoms with van der Waals surface area (Å²) < 4.78 is 5.42. The maximum absolute atomic E-state index is 13.3. The Labute approximate surface area is 203 Å². The van der Waals surface area contributed by atoms with Crippen molar-refractivity contribution in [2.75, 3.05) is 27.2 Å². The van der Waals surface area contributed by atoms with Gasteiger partial charge in [-0.15, -0.1) is 0 Å². The van der Waals surface area contributed by atoms with Crippen LogP contribution >= 0.6 is 0 Å². The van der Waals surface area contributed by atoms with Gasteiger partial charge in [0.1, 0.15) is 5.75 Å².